The van der Waals surface area contributed by atoms with Crippen LogP contribution < -0.4 is 0 Å². The zero-order valence-corrected chi connectivity index (χ0v) is 14.2. The van der Waals surface area contributed by atoms with Gasteiger partial charge in [-0.05, 0) is 18.2 Å². The number of oxime groups is 1. The molecular formula is C15H10Cl3F3N2O. The topological polar surface area (TPSA) is 34.5 Å². The Morgan fingerprint density at radius 1 is 1.12 bits per heavy atom. The number of hydrogen-bond donors (Lipinski definition) is 0. The summed E-state index contributed by atoms with van der Waals surface area (Å²) >= 11 is 17.5. The Morgan fingerprint density at radius 3 is 2.50 bits per heavy atom. The van der Waals surface area contributed by atoms with Crippen LogP contribution in [-0.2, 0) is 24.0 Å². The number of hydrogen-bond acceptors (Lipinski definition) is 3. The molecule has 1 heterocycles. The third-order valence-electron chi connectivity index (χ3n) is 2.91. The lowest BCUT2D eigenvalue weighted by Gasteiger charge is -2.07. The molecule has 0 N–H and O–H groups in total. The lowest BCUT2D eigenvalue weighted by atomic mass is 10.2. The maximum absolute atomic E-state index is 12.5. The van der Waals surface area contributed by atoms with E-state index in [0.29, 0.717) is 15.6 Å². The molecule has 128 valence electrons. The highest BCUT2D eigenvalue weighted by atomic mass is 35.5. The van der Waals surface area contributed by atoms with Gasteiger partial charge in [-0.25, -0.2) is 0 Å². The van der Waals surface area contributed by atoms with Gasteiger partial charge >= 0.3 is 6.18 Å². The van der Waals surface area contributed by atoms with Gasteiger partial charge in [-0.2, -0.15) is 13.2 Å². The molecule has 3 nitrogen and oxygen atoms in total. The Bertz CT molecular complexity index is 751. The van der Waals surface area contributed by atoms with Gasteiger partial charge in [0.05, 0.1) is 16.3 Å². The molecule has 0 atom stereocenters. The third-order valence-corrected chi connectivity index (χ3v) is 3.83. The van der Waals surface area contributed by atoms with Crippen molar-refractivity contribution in [3.8, 4) is 0 Å². The summed E-state index contributed by atoms with van der Waals surface area (Å²) in [6.45, 7) is 0.126. The van der Waals surface area contributed by atoms with E-state index in [1.54, 1.807) is 18.2 Å². The lowest BCUT2D eigenvalue weighted by molar-refractivity contribution is -0.137. The maximum atomic E-state index is 12.5. The van der Waals surface area contributed by atoms with Crippen molar-refractivity contribution in [2.75, 3.05) is 0 Å². The average Bonchev–Trinajstić information content (AvgIpc) is 2.49. The molecule has 2 aromatic rings. The van der Waals surface area contributed by atoms with Crippen LogP contribution in [0.5, 0.6) is 0 Å². The molecule has 0 unspecified atom stereocenters. The minimum absolute atomic E-state index is 0.0861. The summed E-state index contributed by atoms with van der Waals surface area (Å²) in [5.41, 5.74) is 0.0623. The van der Waals surface area contributed by atoms with Gasteiger partial charge in [0.15, 0.2) is 0 Å². The molecule has 0 spiro atoms. The van der Waals surface area contributed by atoms with Crippen LogP contribution in [0, 0.1) is 0 Å². The summed E-state index contributed by atoms with van der Waals surface area (Å²) in [6, 6.07) is 5.78. The molecule has 0 fully saturated rings. The van der Waals surface area contributed by atoms with E-state index in [2.05, 4.69) is 10.1 Å². The number of aromatic nitrogens is 1. The van der Waals surface area contributed by atoms with Crippen molar-refractivity contribution < 1.29 is 18.0 Å². The van der Waals surface area contributed by atoms with Gasteiger partial charge in [-0.3, -0.25) is 4.98 Å². The SMILES string of the molecule is FC(F)(F)c1cnc(CC=NOCc2ccc(Cl)cc2Cl)c(Cl)c1. The lowest BCUT2D eigenvalue weighted by Crippen LogP contribution is -2.06. The Balaban J connectivity index is 1.90. The summed E-state index contributed by atoms with van der Waals surface area (Å²) in [5.74, 6) is 0. The van der Waals surface area contributed by atoms with E-state index >= 15 is 0 Å². The number of nitrogens with zero attached hydrogens (tertiary/aromatic N) is 2. The fourth-order valence-corrected chi connectivity index (χ4v) is 2.40. The standard InChI is InChI=1S/C15H10Cl3F3N2O/c16-11-2-1-9(12(17)6-11)8-24-23-4-3-14-13(18)5-10(7-22-14)15(19,20)21/h1-2,4-7H,3,8H2. The van der Waals surface area contributed by atoms with Gasteiger partial charge in [0.2, 0.25) is 0 Å². The number of alkyl halides is 3. The Morgan fingerprint density at radius 2 is 1.88 bits per heavy atom. The van der Waals surface area contributed by atoms with Crippen LogP contribution in [0.25, 0.3) is 0 Å². The highest BCUT2D eigenvalue weighted by molar-refractivity contribution is 6.35. The fraction of sp³-hybridized carbons (Fsp3) is 0.200. The monoisotopic (exact) mass is 396 g/mol. The summed E-state index contributed by atoms with van der Waals surface area (Å²) in [4.78, 5) is 8.76. The summed E-state index contributed by atoms with van der Waals surface area (Å²) in [6.07, 6.45) is -2.27. The van der Waals surface area contributed by atoms with Gasteiger partial charge in [-0.1, -0.05) is 46.0 Å². The first kappa shape index (κ1) is 18.8. The largest absolute Gasteiger partial charge is 0.417 e. The van der Waals surface area contributed by atoms with Crippen molar-refractivity contribution in [3.05, 3.63) is 62.4 Å². The van der Waals surface area contributed by atoms with Crippen molar-refractivity contribution in [3.63, 3.8) is 0 Å². The van der Waals surface area contributed by atoms with Crippen LogP contribution in [0.3, 0.4) is 0 Å². The zero-order valence-electron chi connectivity index (χ0n) is 11.9. The molecule has 2 rings (SSSR count). The molecule has 1 aromatic heterocycles. The first-order valence-electron chi connectivity index (χ1n) is 6.56. The van der Waals surface area contributed by atoms with Crippen LogP contribution in [0.2, 0.25) is 15.1 Å². The molecule has 0 saturated heterocycles. The van der Waals surface area contributed by atoms with Crippen molar-refractivity contribution in [2.45, 2.75) is 19.2 Å². The molecule has 0 bridgehead atoms. The number of benzene rings is 1. The average molecular weight is 398 g/mol. The second-order valence-electron chi connectivity index (χ2n) is 4.65. The van der Waals surface area contributed by atoms with Crippen LogP contribution in [0.4, 0.5) is 13.2 Å². The smallest absolute Gasteiger partial charge is 0.391 e. The molecule has 0 aliphatic heterocycles. The number of pyridine rings is 1. The second-order valence-corrected chi connectivity index (χ2v) is 5.90. The highest BCUT2D eigenvalue weighted by Crippen LogP contribution is 2.31. The molecule has 0 aliphatic rings. The van der Waals surface area contributed by atoms with Crippen LogP contribution >= 0.6 is 34.8 Å². The van der Waals surface area contributed by atoms with Gasteiger partial charge < -0.3 is 4.84 Å². The Hall–Kier alpha value is -1.50. The Kier molecular flexibility index (Phi) is 6.32. The highest BCUT2D eigenvalue weighted by Gasteiger charge is 2.31. The summed E-state index contributed by atoms with van der Waals surface area (Å²) < 4.78 is 37.5. The van der Waals surface area contributed by atoms with E-state index in [1.165, 1.54) is 6.21 Å². The molecule has 1 aromatic carbocycles. The Labute approximate surface area is 151 Å². The van der Waals surface area contributed by atoms with Gasteiger partial charge in [0.1, 0.15) is 6.61 Å². The van der Waals surface area contributed by atoms with Gasteiger partial charge in [0, 0.05) is 34.4 Å². The predicted octanol–water partition coefficient (Wildman–Crippen LogP) is 5.81. The number of rotatable bonds is 5. The van der Waals surface area contributed by atoms with Crippen molar-refractivity contribution in [1.29, 1.82) is 0 Å². The second kappa shape index (κ2) is 8.05. The van der Waals surface area contributed by atoms with E-state index in [4.69, 9.17) is 39.6 Å². The van der Waals surface area contributed by atoms with Gasteiger partial charge in [-0.15, -0.1) is 0 Å². The van der Waals surface area contributed by atoms with E-state index in [-0.39, 0.29) is 23.7 Å². The predicted molar refractivity (Wildman–Crippen MR) is 87.7 cm³/mol. The minimum Gasteiger partial charge on any atom is -0.391 e. The molecule has 0 aliphatic carbocycles. The van der Waals surface area contributed by atoms with Crippen molar-refractivity contribution >= 4 is 41.0 Å². The van der Waals surface area contributed by atoms with E-state index in [9.17, 15) is 13.2 Å². The zero-order chi connectivity index (χ0) is 17.7. The fourth-order valence-electron chi connectivity index (χ4n) is 1.69. The van der Waals surface area contributed by atoms with E-state index in [0.717, 1.165) is 12.3 Å². The van der Waals surface area contributed by atoms with Crippen molar-refractivity contribution in [1.82, 2.24) is 4.98 Å². The van der Waals surface area contributed by atoms with Crippen molar-refractivity contribution in [2.24, 2.45) is 5.16 Å². The number of halogens is 6. The van der Waals surface area contributed by atoms with E-state index < -0.39 is 11.7 Å². The molecule has 0 saturated carbocycles. The quantitative estimate of drug-likeness (QED) is 0.471. The molecule has 0 radical (unpaired) electrons. The first-order chi connectivity index (χ1) is 11.3. The molecule has 9 heteroatoms. The van der Waals surface area contributed by atoms with E-state index in [1.807, 2.05) is 0 Å². The van der Waals surface area contributed by atoms with Crippen LogP contribution in [0.1, 0.15) is 16.8 Å². The molecule has 24 heavy (non-hydrogen) atoms. The summed E-state index contributed by atoms with van der Waals surface area (Å²) in [5, 5.41) is 4.57. The summed E-state index contributed by atoms with van der Waals surface area (Å²) in [7, 11) is 0. The maximum Gasteiger partial charge on any atom is 0.417 e. The first-order valence-corrected chi connectivity index (χ1v) is 7.70. The minimum atomic E-state index is -4.48. The molecule has 0 amide bonds. The normalized spacial score (nSPS) is 11.9. The van der Waals surface area contributed by atoms with Gasteiger partial charge in [0.25, 0.3) is 0 Å². The van der Waals surface area contributed by atoms with Crippen LogP contribution in [0.15, 0.2) is 35.6 Å². The molecular weight excluding hydrogens is 388 g/mol. The third kappa shape index (κ3) is 5.26. The van der Waals surface area contributed by atoms with Crippen LogP contribution in [-0.4, -0.2) is 11.2 Å².